The van der Waals surface area contributed by atoms with Crippen LogP contribution in [0.5, 0.6) is 0 Å². The van der Waals surface area contributed by atoms with Gasteiger partial charge in [-0.25, -0.2) is 0 Å². The molecule has 0 atom stereocenters. The highest BCUT2D eigenvalue weighted by molar-refractivity contribution is 8.00. The number of thioether (sulfide) groups is 1. The minimum Gasteiger partial charge on any atom is -0.481 e. The zero-order valence-corrected chi connectivity index (χ0v) is 7.38. The van der Waals surface area contributed by atoms with Crippen molar-refractivity contribution >= 4 is 17.7 Å². The van der Waals surface area contributed by atoms with E-state index in [9.17, 15) is 4.79 Å². The second kappa shape index (κ2) is 5.62. The fraction of sp³-hybridized carbons (Fsp3) is 0.125. The minimum absolute atomic E-state index is 0. The van der Waals surface area contributed by atoms with Crippen LogP contribution < -0.4 is 6.15 Å². The molecule has 0 saturated carbocycles. The van der Waals surface area contributed by atoms with Gasteiger partial charge in [0.1, 0.15) is 0 Å². The zero-order chi connectivity index (χ0) is 8.10. The van der Waals surface area contributed by atoms with Crippen LogP contribution in [-0.4, -0.2) is 16.8 Å². The number of aliphatic carboxylic acids is 1. The van der Waals surface area contributed by atoms with Gasteiger partial charge in [-0.1, -0.05) is 18.2 Å². The summed E-state index contributed by atoms with van der Waals surface area (Å²) in [6, 6.07) is 9.49. The highest BCUT2D eigenvalue weighted by Gasteiger charge is 1.97. The molecular formula is C8H11NO2S. The van der Waals surface area contributed by atoms with E-state index in [4.69, 9.17) is 5.11 Å². The smallest absolute Gasteiger partial charge is 0.313 e. The average molecular weight is 185 g/mol. The Morgan fingerprint density at radius 2 is 1.92 bits per heavy atom. The van der Waals surface area contributed by atoms with Gasteiger partial charge in [0.05, 0.1) is 5.75 Å². The Balaban J connectivity index is 0.00000121. The highest BCUT2D eigenvalue weighted by Crippen LogP contribution is 2.15. The summed E-state index contributed by atoms with van der Waals surface area (Å²) >= 11 is 1.33. The standard InChI is InChI=1S/C8H8O2S.H3N/c9-8(10)6-11-7-4-2-1-3-5-7;/h1-5H,6H2,(H,9,10);1H3. The molecule has 0 bridgehead atoms. The summed E-state index contributed by atoms with van der Waals surface area (Å²) in [5.74, 6) is -0.650. The monoisotopic (exact) mass is 185 g/mol. The van der Waals surface area contributed by atoms with Gasteiger partial charge in [-0.15, -0.1) is 11.8 Å². The number of carboxylic acid groups (broad SMARTS) is 1. The molecule has 0 heterocycles. The molecule has 4 N–H and O–H groups in total. The van der Waals surface area contributed by atoms with Gasteiger partial charge >= 0.3 is 5.97 Å². The fourth-order valence-corrected chi connectivity index (χ4v) is 1.30. The molecule has 4 heteroatoms. The molecule has 12 heavy (non-hydrogen) atoms. The first-order chi connectivity index (χ1) is 5.29. The van der Waals surface area contributed by atoms with Crippen LogP contribution in [0.3, 0.4) is 0 Å². The van der Waals surface area contributed by atoms with Gasteiger partial charge in [0, 0.05) is 4.90 Å². The van der Waals surface area contributed by atoms with Crippen molar-refractivity contribution in [1.29, 1.82) is 0 Å². The van der Waals surface area contributed by atoms with Crippen molar-refractivity contribution in [3.63, 3.8) is 0 Å². The Morgan fingerprint density at radius 1 is 1.33 bits per heavy atom. The maximum Gasteiger partial charge on any atom is 0.313 e. The number of rotatable bonds is 3. The summed E-state index contributed by atoms with van der Waals surface area (Å²) < 4.78 is 0. The van der Waals surface area contributed by atoms with Crippen molar-refractivity contribution in [1.82, 2.24) is 6.15 Å². The Kier molecular flexibility index (Phi) is 5.16. The third-order valence-electron chi connectivity index (χ3n) is 1.11. The molecule has 0 spiro atoms. The van der Waals surface area contributed by atoms with Gasteiger partial charge in [-0.2, -0.15) is 0 Å². The van der Waals surface area contributed by atoms with Gasteiger partial charge in [0.15, 0.2) is 0 Å². The third-order valence-corrected chi connectivity index (χ3v) is 2.10. The first-order valence-corrected chi connectivity index (χ1v) is 4.17. The number of benzene rings is 1. The van der Waals surface area contributed by atoms with Crippen LogP contribution in [0.2, 0.25) is 0 Å². The van der Waals surface area contributed by atoms with Gasteiger partial charge in [0.2, 0.25) is 0 Å². The number of hydrogen-bond acceptors (Lipinski definition) is 3. The Labute approximate surface area is 75.4 Å². The molecule has 0 aliphatic carbocycles. The lowest BCUT2D eigenvalue weighted by molar-refractivity contribution is -0.133. The number of carboxylic acids is 1. The minimum atomic E-state index is -0.779. The van der Waals surface area contributed by atoms with E-state index >= 15 is 0 Å². The molecule has 0 saturated heterocycles. The second-order valence-corrected chi connectivity index (χ2v) is 3.04. The van der Waals surface area contributed by atoms with Gasteiger partial charge < -0.3 is 11.3 Å². The summed E-state index contributed by atoms with van der Waals surface area (Å²) in [4.78, 5) is 11.1. The number of carbonyl (C=O) groups is 1. The van der Waals surface area contributed by atoms with E-state index in [0.717, 1.165) is 4.90 Å². The summed E-state index contributed by atoms with van der Waals surface area (Å²) in [7, 11) is 0. The number of hydrogen-bond donors (Lipinski definition) is 2. The predicted molar refractivity (Wildman–Crippen MR) is 49.8 cm³/mol. The van der Waals surface area contributed by atoms with E-state index < -0.39 is 5.97 Å². The normalized spacial score (nSPS) is 8.67. The SMILES string of the molecule is N.O=C(O)CSc1ccccc1. The largest absolute Gasteiger partial charge is 0.481 e. The first-order valence-electron chi connectivity index (χ1n) is 3.18. The first kappa shape index (κ1) is 11.0. The van der Waals surface area contributed by atoms with E-state index in [1.165, 1.54) is 11.8 Å². The van der Waals surface area contributed by atoms with Gasteiger partial charge in [0.25, 0.3) is 0 Å². The molecule has 0 aliphatic heterocycles. The molecule has 0 radical (unpaired) electrons. The van der Waals surface area contributed by atoms with Crippen LogP contribution in [0.15, 0.2) is 35.2 Å². The molecule has 1 rings (SSSR count). The van der Waals surface area contributed by atoms with Crippen LogP contribution in [0, 0.1) is 0 Å². The van der Waals surface area contributed by atoms with E-state index in [1.807, 2.05) is 30.3 Å². The maximum atomic E-state index is 10.2. The molecule has 66 valence electrons. The Morgan fingerprint density at radius 3 is 2.42 bits per heavy atom. The quantitative estimate of drug-likeness (QED) is 0.707. The van der Waals surface area contributed by atoms with E-state index in [2.05, 4.69) is 0 Å². The average Bonchev–Trinajstić information content (AvgIpc) is 2.03. The van der Waals surface area contributed by atoms with E-state index in [-0.39, 0.29) is 11.9 Å². The van der Waals surface area contributed by atoms with E-state index in [1.54, 1.807) is 0 Å². The second-order valence-electron chi connectivity index (χ2n) is 2.00. The summed E-state index contributed by atoms with van der Waals surface area (Å²) in [6.07, 6.45) is 0. The maximum absolute atomic E-state index is 10.2. The fourth-order valence-electron chi connectivity index (χ4n) is 0.662. The summed E-state index contributed by atoms with van der Waals surface area (Å²) in [6.45, 7) is 0. The van der Waals surface area contributed by atoms with Crippen molar-refractivity contribution in [2.45, 2.75) is 4.90 Å². The van der Waals surface area contributed by atoms with Crippen LogP contribution in [0.4, 0.5) is 0 Å². The lowest BCUT2D eigenvalue weighted by Gasteiger charge is -1.95. The van der Waals surface area contributed by atoms with Crippen LogP contribution >= 0.6 is 11.8 Å². The molecule has 3 nitrogen and oxygen atoms in total. The molecule has 1 aromatic rings. The molecule has 0 amide bonds. The van der Waals surface area contributed by atoms with Crippen molar-refractivity contribution in [2.75, 3.05) is 5.75 Å². The Hall–Kier alpha value is -1.00. The van der Waals surface area contributed by atoms with Crippen molar-refractivity contribution in [3.05, 3.63) is 30.3 Å². The van der Waals surface area contributed by atoms with Gasteiger partial charge in [-0.05, 0) is 12.1 Å². The summed E-state index contributed by atoms with van der Waals surface area (Å²) in [5.41, 5.74) is 0. The lowest BCUT2D eigenvalue weighted by atomic mass is 10.4. The topological polar surface area (TPSA) is 72.3 Å². The molecule has 0 unspecified atom stereocenters. The van der Waals surface area contributed by atoms with Crippen LogP contribution in [0.25, 0.3) is 0 Å². The lowest BCUT2D eigenvalue weighted by Crippen LogP contribution is -1.96. The molecule has 0 aromatic heterocycles. The molecule has 0 aliphatic rings. The van der Waals surface area contributed by atoms with Crippen LogP contribution in [0.1, 0.15) is 0 Å². The van der Waals surface area contributed by atoms with Gasteiger partial charge in [-0.3, -0.25) is 4.79 Å². The predicted octanol–water partition coefficient (Wildman–Crippen LogP) is 2.03. The molecule has 0 fully saturated rings. The Bertz CT molecular complexity index is 238. The third kappa shape index (κ3) is 4.00. The van der Waals surface area contributed by atoms with Crippen LogP contribution in [-0.2, 0) is 4.79 Å². The van der Waals surface area contributed by atoms with Crippen molar-refractivity contribution in [3.8, 4) is 0 Å². The zero-order valence-electron chi connectivity index (χ0n) is 6.56. The summed E-state index contributed by atoms with van der Waals surface area (Å²) in [5, 5.41) is 8.35. The van der Waals surface area contributed by atoms with Crippen molar-refractivity contribution < 1.29 is 9.90 Å². The molecule has 1 aromatic carbocycles. The van der Waals surface area contributed by atoms with E-state index in [0.29, 0.717) is 0 Å². The highest BCUT2D eigenvalue weighted by atomic mass is 32.2. The van der Waals surface area contributed by atoms with Crippen molar-refractivity contribution in [2.24, 2.45) is 0 Å². The molecular weight excluding hydrogens is 174 g/mol.